The molecule has 20 nitrogen and oxygen atoms in total. The van der Waals surface area contributed by atoms with E-state index in [1.165, 1.54) is 0 Å². The molecule has 20 heteroatoms. The Balaban J connectivity index is 1.13. The number of pyridine rings is 4. The van der Waals surface area contributed by atoms with Crippen molar-refractivity contribution in [3.63, 3.8) is 0 Å². The summed E-state index contributed by atoms with van der Waals surface area (Å²) < 4.78 is 75.0. The zero-order chi connectivity index (χ0) is 60.8. The normalized spacial score (nSPS) is 12.0. The lowest BCUT2D eigenvalue weighted by atomic mass is 10.0. The number of methoxy groups -OCH3 is 4. The summed E-state index contributed by atoms with van der Waals surface area (Å²) in [7, 11) is 6.67. The number of H-pyrrole nitrogens is 2. The molecular formula is C68H86N8O12+4. The summed E-state index contributed by atoms with van der Waals surface area (Å²) in [5.41, 5.74) is 14.6. The van der Waals surface area contributed by atoms with Crippen LogP contribution < -0.4 is 18.3 Å². The van der Waals surface area contributed by atoms with Crippen LogP contribution in [0.5, 0.6) is 0 Å². The van der Waals surface area contributed by atoms with Gasteiger partial charge in [0.15, 0.2) is 75.8 Å². The summed E-state index contributed by atoms with van der Waals surface area (Å²) in [6.45, 7) is 13.4. The molecular weight excluding hydrogens is 1120 g/mol. The number of ether oxygens (including phenoxy) is 12. The Bertz CT molecular complexity index is 3280. The number of nitrogens with one attached hydrogen (secondary N) is 2. The average molecular weight is 1210 g/mol. The van der Waals surface area contributed by atoms with Gasteiger partial charge in [-0.05, 0) is 70.8 Å². The molecule has 0 saturated carbocycles. The minimum atomic E-state index is 0.508. The number of rotatable bonds is 40. The maximum absolute atomic E-state index is 5.93. The molecule has 0 aromatic carbocycles. The van der Waals surface area contributed by atoms with Crippen LogP contribution in [-0.4, -0.2) is 181 Å². The van der Waals surface area contributed by atoms with Crippen molar-refractivity contribution in [2.24, 2.45) is 0 Å². The third-order valence-corrected chi connectivity index (χ3v) is 14.7. The van der Waals surface area contributed by atoms with Gasteiger partial charge in [-0.15, -0.1) is 0 Å². The highest BCUT2D eigenvalue weighted by molar-refractivity contribution is 6.00. The fraction of sp³-hybridized carbons (Fsp3) is 0.412. The molecule has 7 aromatic heterocycles. The lowest BCUT2D eigenvalue weighted by Gasteiger charge is -2.07. The van der Waals surface area contributed by atoms with Crippen molar-refractivity contribution in [3.05, 3.63) is 145 Å². The Morgan fingerprint density at radius 1 is 0.261 bits per heavy atom. The van der Waals surface area contributed by atoms with Crippen molar-refractivity contribution >= 4 is 46.4 Å². The molecule has 0 aliphatic carbocycles. The minimum absolute atomic E-state index is 0.508. The van der Waals surface area contributed by atoms with Gasteiger partial charge < -0.3 is 66.8 Å². The van der Waals surface area contributed by atoms with Crippen LogP contribution in [0.25, 0.3) is 90.9 Å². The molecule has 0 fully saturated rings. The van der Waals surface area contributed by atoms with Gasteiger partial charge in [0.2, 0.25) is 0 Å². The Morgan fingerprint density at radius 2 is 0.477 bits per heavy atom. The van der Waals surface area contributed by atoms with Crippen molar-refractivity contribution in [3.8, 4) is 44.5 Å². The largest absolute Gasteiger partial charge is 0.382 e. The number of fused-ring (bicyclic) bond motifs is 8. The van der Waals surface area contributed by atoms with Gasteiger partial charge in [-0.2, -0.15) is 0 Å². The highest BCUT2D eigenvalue weighted by Crippen LogP contribution is 2.38. The number of hydrogen-bond donors (Lipinski definition) is 2. The van der Waals surface area contributed by atoms with Crippen LogP contribution in [0, 0.1) is 0 Å². The van der Waals surface area contributed by atoms with Gasteiger partial charge in [0.1, 0.15) is 26.4 Å². The van der Waals surface area contributed by atoms with Crippen LogP contribution in [0.4, 0.5) is 0 Å². The van der Waals surface area contributed by atoms with E-state index < -0.39 is 0 Å². The summed E-state index contributed by atoms with van der Waals surface area (Å²) in [6, 6.07) is 25.8. The molecule has 466 valence electrons. The standard InChI is InChI=1S/C68H85N8O12/c1-77-37-41-85-49-45-81-33-29-73-21-13-53(14-22-73)65-57-5-7-59(69-57)66(54-15-23-74(24-16-54)30-34-82-46-50-86-42-38-78-2)61-9-11-63(71-61)68(56-19-27-76(28-20-56)32-36-84-48-52-88-44-40-80-4)64-12-10-62(72-64)67(60-8-6-58(65)70-60)55-17-25-75(26-18-55)31-35-83-47-51-87-43-39-79-3/h5-28H,29-52H2,1-4H3,(H,69,70,71,72)/q+3/p+1. The first-order chi connectivity index (χ1) is 43.5. The second-order valence-electron chi connectivity index (χ2n) is 20.7. The highest BCUT2D eigenvalue weighted by atomic mass is 16.6. The summed E-state index contributed by atoms with van der Waals surface area (Å²) in [5.74, 6) is 0. The van der Waals surface area contributed by atoms with E-state index in [4.69, 9.17) is 66.8 Å². The van der Waals surface area contributed by atoms with E-state index in [1.807, 2.05) is 0 Å². The van der Waals surface area contributed by atoms with Crippen LogP contribution in [0.2, 0.25) is 0 Å². The van der Waals surface area contributed by atoms with Gasteiger partial charge in [0.05, 0.1) is 128 Å². The van der Waals surface area contributed by atoms with Crippen molar-refractivity contribution in [1.82, 2.24) is 19.9 Å². The fourth-order valence-corrected chi connectivity index (χ4v) is 10.0. The molecule has 0 atom stereocenters. The molecule has 88 heavy (non-hydrogen) atoms. The average Bonchev–Trinajstić information content (AvgIpc) is 2.45. The predicted molar refractivity (Wildman–Crippen MR) is 335 cm³/mol. The van der Waals surface area contributed by atoms with E-state index in [0.29, 0.717) is 158 Å². The second-order valence-corrected chi connectivity index (χ2v) is 20.7. The number of aromatic nitrogens is 8. The van der Waals surface area contributed by atoms with E-state index in [-0.39, 0.29) is 0 Å². The predicted octanol–water partition coefficient (Wildman–Crippen LogP) is 7.19. The van der Waals surface area contributed by atoms with Crippen molar-refractivity contribution in [1.29, 1.82) is 0 Å². The smallest absolute Gasteiger partial charge is 0.171 e. The van der Waals surface area contributed by atoms with Crippen molar-refractivity contribution in [2.45, 2.75) is 26.2 Å². The fourth-order valence-electron chi connectivity index (χ4n) is 10.0. The maximum Gasteiger partial charge on any atom is 0.171 e. The number of nitrogens with zero attached hydrogens (tertiary/aromatic N) is 6. The van der Waals surface area contributed by atoms with E-state index >= 15 is 0 Å². The zero-order valence-electron chi connectivity index (χ0n) is 51.4. The molecule has 0 spiro atoms. The van der Waals surface area contributed by atoms with Gasteiger partial charge in [0, 0.05) is 121 Å². The second kappa shape index (κ2) is 36.3. The van der Waals surface area contributed by atoms with E-state index in [9.17, 15) is 0 Å². The Morgan fingerprint density at radius 3 is 0.750 bits per heavy atom. The molecule has 0 radical (unpaired) electrons. The molecule has 2 N–H and O–H groups in total. The quantitative estimate of drug-likeness (QED) is 0.0291. The third kappa shape index (κ3) is 19.4. The van der Waals surface area contributed by atoms with Gasteiger partial charge in [-0.25, -0.2) is 28.2 Å². The lowest BCUT2D eigenvalue weighted by molar-refractivity contribution is -0.698. The summed E-state index contributed by atoms with van der Waals surface area (Å²) >= 11 is 0. The molecule has 2 aliphatic rings. The molecule has 2 aliphatic heterocycles. The first kappa shape index (κ1) is 65.2. The highest BCUT2D eigenvalue weighted by Gasteiger charge is 2.22. The first-order valence-corrected chi connectivity index (χ1v) is 30.3. The van der Waals surface area contributed by atoms with E-state index in [1.54, 1.807) is 28.4 Å². The monoisotopic (exact) mass is 1210 g/mol. The summed E-state index contributed by atoms with van der Waals surface area (Å²) in [6.07, 6.45) is 25.2. The van der Waals surface area contributed by atoms with Gasteiger partial charge in [-0.1, -0.05) is 0 Å². The Kier molecular flexibility index (Phi) is 26.9. The third-order valence-electron chi connectivity index (χ3n) is 14.7. The Hall–Kier alpha value is -7.28. The molecule has 7 aromatic rings. The van der Waals surface area contributed by atoms with Crippen molar-refractivity contribution < 1.29 is 75.1 Å². The van der Waals surface area contributed by atoms with E-state index in [0.717, 1.165) is 89.4 Å². The summed E-state index contributed by atoms with van der Waals surface area (Å²) in [4.78, 5) is 18.9. The van der Waals surface area contributed by atoms with E-state index in [2.05, 4.69) is 175 Å². The molecule has 0 unspecified atom stereocenters. The molecule has 8 bridgehead atoms. The SMILES string of the molecule is COCCOCCOCC[n+]1ccc(-c2c3nc(c(-c4cc[n+](CCOCCOCCOC)cc4)c4ccc([nH]4)c(-c4cc[n+](CCOCCOCCOC)cc4)c4ccc([nH]4)c(-c4cc[n+](CCOCCOCCOC)cc4)c4nc2C=C4)C=C3)cc1. The lowest BCUT2D eigenvalue weighted by Crippen LogP contribution is -2.35. The molecule has 9 rings (SSSR count). The first-order valence-electron chi connectivity index (χ1n) is 30.3. The van der Waals surface area contributed by atoms with Crippen LogP contribution in [0.3, 0.4) is 0 Å². The summed E-state index contributed by atoms with van der Waals surface area (Å²) in [5, 5.41) is 0. The molecule has 9 heterocycles. The minimum Gasteiger partial charge on any atom is -0.382 e. The molecule has 0 saturated heterocycles. The molecule has 0 amide bonds. The van der Waals surface area contributed by atoms with Gasteiger partial charge >= 0.3 is 0 Å². The maximum atomic E-state index is 5.93. The van der Waals surface area contributed by atoms with Gasteiger partial charge in [0.25, 0.3) is 0 Å². The topological polar surface area (TPSA) is 184 Å². The number of aromatic amines is 2. The van der Waals surface area contributed by atoms with Crippen molar-refractivity contribution in [2.75, 3.05) is 161 Å². The van der Waals surface area contributed by atoms with Crippen LogP contribution in [0.1, 0.15) is 22.8 Å². The van der Waals surface area contributed by atoms with Gasteiger partial charge in [-0.3, -0.25) is 0 Å². The number of hydrogen-bond acceptors (Lipinski definition) is 14. The van der Waals surface area contributed by atoms with Crippen LogP contribution in [-0.2, 0) is 83.0 Å². The van der Waals surface area contributed by atoms with Crippen LogP contribution >= 0.6 is 0 Å². The Labute approximate surface area is 515 Å². The van der Waals surface area contributed by atoms with Crippen LogP contribution in [0.15, 0.2) is 122 Å². The zero-order valence-corrected chi connectivity index (χ0v) is 51.4.